The zero-order valence-corrected chi connectivity index (χ0v) is 19.4. The van der Waals surface area contributed by atoms with Crippen molar-refractivity contribution < 1.29 is 19.1 Å². The first-order valence-electron chi connectivity index (χ1n) is 10.8. The van der Waals surface area contributed by atoms with Crippen LogP contribution in [-0.2, 0) is 26.2 Å². The third-order valence-electron chi connectivity index (χ3n) is 5.90. The van der Waals surface area contributed by atoms with E-state index in [1.54, 1.807) is 31.4 Å². The zero-order valence-electron chi connectivity index (χ0n) is 18.6. The molecule has 7 nitrogen and oxygen atoms in total. The number of pyridine rings is 1. The van der Waals surface area contributed by atoms with Crippen LogP contribution in [-0.4, -0.2) is 51.3 Å². The van der Waals surface area contributed by atoms with Gasteiger partial charge >= 0.3 is 0 Å². The Morgan fingerprint density at radius 2 is 1.94 bits per heavy atom. The molecule has 1 aliphatic carbocycles. The number of halogens is 1. The number of benzene rings is 1. The Morgan fingerprint density at radius 3 is 2.56 bits per heavy atom. The number of hydrogen-bond donors (Lipinski definition) is 1. The Bertz CT molecular complexity index is 916. The average molecular weight is 460 g/mol. The van der Waals surface area contributed by atoms with Gasteiger partial charge in [-0.1, -0.05) is 11.6 Å². The molecule has 0 saturated heterocycles. The third kappa shape index (κ3) is 5.78. The van der Waals surface area contributed by atoms with Gasteiger partial charge in [0.25, 0.3) is 12.4 Å². The summed E-state index contributed by atoms with van der Waals surface area (Å²) in [5.74, 6) is -0.0620. The summed E-state index contributed by atoms with van der Waals surface area (Å²) in [7, 11) is 3.66. The molecule has 2 aromatic rings. The van der Waals surface area contributed by atoms with Crippen LogP contribution in [0.3, 0.4) is 0 Å². The fraction of sp³-hybridized carbons (Fsp3) is 0.458. The van der Waals surface area contributed by atoms with Gasteiger partial charge in [-0.15, -0.1) is 0 Å². The normalized spacial score (nSPS) is 16.0. The molecule has 0 radical (unpaired) electrons. The number of amides is 1. The summed E-state index contributed by atoms with van der Waals surface area (Å²) in [6, 6.07) is 11.3. The number of nitrogens with one attached hydrogen (secondary N) is 1. The summed E-state index contributed by atoms with van der Waals surface area (Å²) in [6.07, 6.45) is 5.13. The molecule has 1 N–H and O–H groups in total. The van der Waals surface area contributed by atoms with Crippen LogP contribution in [0, 0.1) is 0 Å². The van der Waals surface area contributed by atoms with Crippen molar-refractivity contribution in [3.05, 3.63) is 58.4 Å². The lowest BCUT2D eigenvalue weighted by atomic mass is 9.73. The predicted molar refractivity (Wildman–Crippen MR) is 124 cm³/mol. The molecule has 172 valence electrons. The quantitative estimate of drug-likeness (QED) is 0.502. The van der Waals surface area contributed by atoms with E-state index in [-0.39, 0.29) is 11.4 Å². The topological polar surface area (TPSA) is 80.8 Å². The SMILES string of the molecule is CN1CCCc2nc(C3(NC(=O)c4ccc(Cl)cc4)CCC3)ccc21.COCCOC=O. The number of hydrogen-bond acceptors (Lipinski definition) is 6. The second-order valence-electron chi connectivity index (χ2n) is 8.04. The van der Waals surface area contributed by atoms with E-state index >= 15 is 0 Å². The highest BCUT2D eigenvalue weighted by molar-refractivity contribution is 6.30. The first kappa shape index (κ1) is 24.0. The molecular weight excluding hydrogens is 430 g/mol. The molecule has 8 heteroatoms. The fourth-order valence-corrected chi connectivity index (χ4v) is 4.07. The molecule has 2 heterocycles. The van der Waals surface area contributed by atoms with Crippen LogP contribution >= 0.6 is 11.6 Å². The minimum Gasteiger partial charge on any atom is -0.465 e. The number of fused-ring (bicyclic) bond motifs is 1. The van der Waals surface area contributed by atoms with E-state index in [1.165, 1.54) is 5.69 Å². The fourth-order valence-electron chi connectivity index (χ4n) is 3.94. The molecule has 32 heavy (non-hydrogen) atoms. The zero-order chi connectivity index (χ0) is 23.0. The Balaban J connectivity index is 0.000000360. The predicted octanol–water partition coefficient (Wildman–Crippen LogP) is 3.73. The van der Waals surface area contributed by atoms with Gasteiger partial charge < -0.3 is 19.7 Å². The summed E-state index contributed by atoms with van der Waals surface area (Å²) in [6.45, 7) is 2.30. The van der Waals surface area contributed by atoms with E-state index in [9.17, 15) is 9.59 Å². The van der Waals surface area contributed by atoms with E-state index in [4.69, 9.17) is 16.6 Å². The summed E-state index contributed by atoms with van der Waals surface area (Å²) in [5.41, 5.74) is 3.66. The number of aryl methyl sites for hydroxylation is 1. The van der Waals surface area contributed by atoms with Gasteiger partial charge in [0.1, 0.15) is 6.61 Å². The molecule has 1 aromatic carbocycles. The standard InChI is InChI=1S/C20H22ClN3O.C4H8O3/c1-24-13-2-4-16-17(24)9-10-18(22-16)20(11-3-12-20)23-19(25)14-5-7-15(21)8-6-14;1-6-2-3-7-4-5/h5-10H,2-4,11-13H2,1H3,(H,23,25);4H,2-3H2,1H3. The van der Waals surface area contributed by atoms with Gasteiger partial charge in [0.15, 0.2) is 0 Å². The van der Waals surface area contributed by atoms with Gasteiger partial charge in [-0.05, 0) is 68.5 Å². The number of carbonyl (C=O) groups excluding carboxylic acids is 2. The van der Waals surface area contributed by atoms with Crippen molar-refractivity contribution in [3.8, 4) is 0 Å². The van der Waals surface area contributed by atoms with E-state index in [0.717, 1.165) is 50.0 Å². The number of carbonyl (C=O) groups is 2. The Labute approximate surface area is 194 Å². The number of ether oxygens (including phenoxy) is 2. The molecule has 1 fully saturated rings. The largest absolute Gasteiger partial charge is 0.465 e. The van der Waals surface area contributed by atoms with Crippen molar-refractivity contribution in [1.29, 1.82) is 0 Å². The van der Waals surface area contributed by atoms with Crippen molar-refractivity contribution in [2.45, 2.75) is 37.6 Å². The van der Waals surface area contributed by atoms with Crippen LogP contribution in [0.15, 0.2) is 36.4 Å². The number of anilines is 1. The first-order chi connectivity index (χ1) is 15.5. The Hall–Kier alpha value is -2.64. The highest BCUT2D eigenvalue weighted by atomic mass is 35.5. The summed E-state index contributed by atoms with van der Waals surface area (Å²) in [4.78, 5) is 29.3. The van der Waals surface area contributed by atoms with Gasteiger partial charge in [0.05, 0.1) is 29.2 Å². The third-order valence-corrected chi connectivity index (χ3v) is 6.15. The van der Waals surface area contributed by atoms with E-state index in [0.29, 0.717) is 30.3 Å². The summed E-state index contributed by atoms with van der Waals surface area (Å²) >= 11 is 5.92. The lowest BCUT2D eigenvalue weighted by Gasteiger charge is -2.42. The molecule has 4 rings (SSSR count). The maximum absolute atomic E-state index is 12.7. The molecule has 1 saturated carbocycles. The smallest absolute Gasteiger partial charge is 0.293 e. The molecule has 0 unspecified atom stereocenters. The lowest BCUT2D eigenvalue weighted by Crippen LogP contribution is -2.51. The van der Waals surface area contributed by atoms with Gasteiger partial charge in [-0.3, -0.25) is 14.6 Å². The van der Waals surface area contributed by atoms with Crippen LogP contribution in [0.5, 0.6) is 0 Å². The van der Waals surface area contributed by atoms with Crippen LogP contribution in [0.2, 0.25) is 5.02 Å². The van der Waals surface area contributed by atoms with Gasteiger partial charge in [-0.25, -0.2) is 0 Å². The molecule has 1 aromatic heterocycles. The van der Waals surface area contributed by atoms with Crippen molar-refractivity contribution >= 4 is 29.7 Å². The van der Waals surface area contributed by atoms with Gasteiger partial charge in [-0.2, -0.15) is 0 Å². The van der Waals surface area contributed by atoms with Crippen molar-refractivity contribution in [2.75, 3.05) is 38.8 Å². The number of aromatic nitrogens is 1. The molecule has 0 bridgehead atoms. The molecule has 0 spiro atoms. The maximum Gasteiger partial charge on any atom is 0.293 e. The van der Waals surface area contributed by atoms with Gasteiger partial charge in [0.2, 0.25) is 0 Å². The number of nitrogens with zero attached hydrogens (tertiary/aromatic N) is 2. The van der Waals surface area contributed by atoms with Crippen molar-refractivity contribution in [3.63, 3.8) is 0 Å². The highest BCUT2D eigenvalue weighted by Crippen LogP contribution is 2.41. The Morgan fingerprint density at radius 1 is 1.19 bits per heavy atom. The summed E-state index contributed by atoms with van der Waals surface area (Å²) in [5, 5.41) is 3.88. The number of methoxy groups -OCH3 is 1. The summed E-state index contributed by atoms with van der Waals surface area (Å²) < 4.78 is 8.83. The van der Waals surface area contributed by atoms with Crippen molar-refractivity contribution in [1.82, 2.24) is 10.3 Å². The average Bonchev–Trinajstić information content (AvgIpc) is 2.77. The minimum absolute atomic E-state index is 0.0620. The number of rotatable bonds is 7. The monoisotopic (exact) mass is 459 g/mol. The van der Waals surface area contributed by atoms with E-state index in [2.05, 4.69) is 38.9 Å². The van der Waals surface area contributed by atoms with Crippen LogP contribution in [0.25, 0.3) is 0 Å². The highest BCUT2D eigenvalue weighted by Gasteiger charge is 2.42. The second-order valence-corrected chi connectivity index (χ2v) is 8.48. The lowest BCUT2D eigenvalue weighted by molar-refractivity contribution is -0.129. The van der Waals surface area contributed by atoms with Crippen molar-refractivity contribution in [2.24, 2.45) is 0 Å². The molecule has 0 atom stereocenters. The first-order valence-corrected chi connectivity index (χ1v) is 11.2. The second kappa shape index (κ2) is 11.3. The van der Waals surface area contributed by atoms with Crippen LogP contribution < -0.4 is 10.2 Å². The van der Waals surface area contributed by atoms with E-state index in [1.807, 2.05) is 0 Å². The van der Waals surface area contributed by atoms with Gasteiger partial charge in [0, 0.05) is 31.3 Å². The van der Waals surface area contributed by atoms with E-state index < -0.39 is 0 Å². The maximum atomic E-state index is 12.7. The van der Waals surface area contributed by atoms with Crippen LogP contribution in [0.4, 0.5) is 5.69 Å². The minimum atomic E-state index is -0.332. The molecular formula is C24H30ClN3O4. The molecule has 2 aliphatic rings. The molecule has 1 amide bonds. The Kier molecular flexibility index (Phi) is 8.47. The molecule has 1 aliphatic heterocycles. The van der Waals surface area contributed by atoms with Crippen LogP contribution in [0.1, 0.15) is 47.4 Å².